The molecule has 0 saturated heterocycles. The van der Waals surface area contributed by atoms with Crippen LogP contribution in [0.25, 0.3) is 0 Å². The number of hydrogen-bond acceptors (Lipinski definition) is 0. The maximum Gasteiger partial charge on any atom is 0.0490 e. The number of alkyl halides is 1. The molecule has 1 rings (SSSR count). The van der Waals surface area contributed by atoms with Gasteiger partial charge in [-0.3, -0.25) is 0 Å². The van der Waals surface area contributed by atoms with E-state index in [9.17, 15) is 0 Å². The van der Waals surface area contributed by atoms with Gasteiger partial charge < -0.3 is 0 Å². The average Bonchev–Trinajstić information content (AvgIpc) is 2.13. The van der Waals surface area contributed by atoms with Crippen molar-refractivity contribution >= 4 is 19.7 Å². The van der Waals surface area contributed by atoms with Crippen LogP contribution in [0.5, 0.6) is 0 Å². The Hall–Kier alpha value is 0.507. The molecule has 1 fully saturated rings. The second-order valence-electron chi connectivity index (χ2n) is 3.72. The summed E-state index contributed by atoms with van der Waals surface area (Å²) in [4.78, 5) is 0. The van der Waals surface area contributed by atoms with Crippen LogP contribution in [0.4, 0.5) is 0 Å². The van der Waals surface area contributed by atoms with Crippen LogP contribution < -0.4 is 0 Å². The van der Waals surface area contributed by atoms with Gasteiger partial charge >= 0.3 is 0 Å². The predicted octanol–water partition coefficient (Wildman–Crippen LogP) is 2.71. The van der Waals surface area contributed by atoms with Gasteiger partial charge in [0.2, 0.25) is 0 Å². The Bertz CT molecular complexity index is 95.2. The Morgan fingerprint density at radius 3 is 1.75 bits per heavy atom. The molecule has 1 aliphatic carbocycles. The minimum atomic E-state index is -0.818. The summed E-state index contributed by atoms with van der Waals surface area (Å²) in [5.74, 6) is 0. The average molecular weight is 149 g/mol. The quantitative estimate of drug-likeness (QED) is 0.396. The summed E-state index contributed by atoms with van der Waals surface area (Å²) in [6, 6.07) is 0. The van der Waals surface area contributed by atoms with Gasteiger partial charge in [-0.25, -0.2) is 0 Å². The van der Waals surface area contributed by atoms with Gasteiger partial charge in [0.15, 0.2) is 0 Å². The van der Waals surface area contributed by atoms with Gasteiger partial charge in [-0.05, 0) is 12.0 Å². The first kappa shape index (κ1) is 6.62. The van der Waals surface area contributed by atoms with Crippen LogP contribution in [-0.4, -0.2) is 13.5 Å². The fourth-order valence-electron chi connectivity index (χ4n) is 1.06. The number of hydrogen-bond donors (Lipinski definition) is 0. The lowest BCUT2D eigenvalue weighted by atomic mass is 11.0. The van der Waals surface area contributed by atoms with E-state index >= 15 is 0 Å². The third-order valence-electron chi connectivity index (χ3n) is 1.82. The highest BCUT2D eigenvalue weighted by molar-refractivity contribution is 6.79. The third-order valence-corrected chi connectivity index (χ3v) is 5.38. The molecule has 1 aliphatic rings. The van der Waals surface area contributed by atoms with Gasteiger partial charge in [0.05, 0.1) is 0 Å². The fraction of sp³-hybridized carbons (Fsp3) is 1.00. The van der Waals surface area contributed by atoms with Gasteiger partial charge in [0.1, 0.15) is 0 Å². The Morgan fingerprint density at radius 2 is 1.75 bits per heavy atom. The van der Waals surface area contributed by atoms with Gasteiger partial charge in [0, 0.05) is 13.5 Å². The maximum absolute atomic E-state index is 5.87. The maximum atomic E-state index is 5.87. The van der Waals surface area contributed by atoms with Crippen molar-refractivity contribution in [2.24, 2.45) is 0 Å². The van der Waals surface area contributed by atoms with E-state index in [1.54, 1.807) is 0 Å². The predicted molar refractivity (Wildman–Crippen MR) is 41.4 cm³/mol. The molecule has 2 atom stereocenters. The zero-order valence-corrected chi connectivity index (χ0v) is 7.50. The molecule has 2 unspecified atom stereocenters. The highest BCUT2D eigenvalue weighted by atomic mass is 35.5. The molecule has 0 N–H and O–H groups in total. The van der Waals surface area contributed by atoms with Crippen LogP contribution in [0.1, 0.15) is 6.42 Å². The molecule has 0 aliphatic heterocycles. The molecule has 0 spiro atoms. The van der Waals surface area contributed by atoms with E-state index in [4.69, 9.17) is 11.6 Å². The highest BCUT2D eigenvalue weighted by Crippen LogP contribution is 2.49. The Labute approximate surface area is 57.2 Å². The number of halogens is 1. The Morgan fingerprint density at radius 1 is 1.38 bits per heavy atom. The molecule has 0 bridgehead atoms. The summed E-state index contributed by atoms with van der Waals surface area (Å²) in [6.45, 7) is 7.17. The molecule has 0 nitrogen and oxygen atoms in total. The normalized spacial score (nSPS) is 37.5. The van der Waals surface area contributed by atoms with E-state index in [0.29, 0.717) is 5.38 Å². The SMILES string of the molecule is C[Si](C)(C)C1CC1Cl. The topological polar surface area (TPSA) is 0 Å². The Kier molecular flexibility index (Phi) is 1.44. The van der Waals surface area contributed by atoms with Gasteiger partial charge in [-0.2, -0.15) is 0 Å². The summed E-state index contributed by atoms with van der Waals surface area (Å²) in [5.41, 5.74) is 0.921. The van der Waals surface area contributed by atoms with E-state index < -0.39 is 8.07 Å². The summed E-state index contributed by atoms with van der Waals surface area (Å²) in [6.07, 6.45) is 1.29. The second kappa shape index (κ2) is 1.74. The van der Waals surface area contributed by atoms with E-state index in [2.05, 4.69) is 19.6 Å². The van der Waals surface area contributed by atoms with E-state index in [-0.39, 0.29) is 0 Å². The van der Waals surface area contributed by atoms with E-state index in [0.717, 1.165) is 5.54 Å². The van der Waals surface area contributed by atoms with Crippen molar-refractivity contribution in [1.29, 1.82) is 0 Å². The zero-order chi connectivity index (χ0) is 6.36. The van der Waals surface area contributed by atoms with Crippen LogP contribution in [-0.2, 0) is 0 Å². The van der Waals surface area contributed by atoms with Crippen molar-refractivity contribution in [3.8, 4) is 0 Å². The molecule has 2 heteroatoms. The highest BCUT2D eigenvalue weighted by Gasteiger charge is 2.44. The molecule has 0 aromatic carbocycles. The fourth-order valence-corrected chi connectivity index (χ4v) is 4.58. The first-order chi connectivity index (χ1) is 3.52. The van der Waals surface area contributed by atoms with Crippen molar-refractivity contribution in [2.45, 2.75) is 37.0 Å². The molecule has 48 valence electrons. The third kappa shape index (κ3) is 1.26. The monoisotopic (exact) mass is 148 g/mol. The minimum Gasteiger partial charge on any atom is -0.123 e. The summed E-state index contributed by atoms with van der Waals surface area (Å²) < 4.78 is 0. The van der Waals surface area contributed by atoms with Gasteiger partial charge in [-0.15, -0.1) is 11.6 Å². The van der Waals surface area contributed by atoms with E-state index in [1.807, 2.05) is 0 Å². The standard InChI is InChI=1S/C6H13ClSi/c1-8(2,3)6-4-5(6)7/h5-6H,4H2,1-3H3. The van der Waals surface area contributed by atoms with Crippen molar-refractivity contribution in [3.63, 3.8) is 0 Å². The van der Waals surface area contributed by atoms with E-state index in [1.165, 1.54) is 6.42 Å². The molecule has 8 heavy (non-hydrogen) atoms. The van der Waals surface area contributed by atoms with Crippen LogP contribution >= 0.6 is 11.6 Å². The molecule has 0 aromatic rings. The molecular weight excluding hydrogens is 136 g/mol. The van der Waals surface area contributed by atoms with Crippen molar-refractivity contribution in [3.05, 3.63) is 0 Å². The smallest absolute Gasteiger partial charge is 0.0490 e. The molecular formula is C6H13ClSi. The van der Waals surface area contributed by atoms with Crippen molar-refractivity contribution < 1.29 is 0 Å². The second-order valence-corrected chi connectivity index (χ2v) is 9.76. The molecule has 0 amide bonds. The largest absolute Gasteiger partial charge is 0.123 e. The van der Waals surface area contributed by atoms with Gasteiger partial charge in [-0.1, -0.05) is 19.6 Å². The van der Waals surface area contributed by atoms with Crippen LogP contribution in [0.2, 0.25) is 25.2 Å². The Balaban J connectivity index is 2.39. The molecule has 1 saturated carbocycles. The van der Waals surface area contributed by atoms with Crippen molar-refractivity contribution in [2.75, 3.05) is 0 Å². The van der Waals surface area contributed by atoms with Crippen LogP contribution in [0, 0.1) is 0 Å². The molecule has 0 radical (unpaired) electrons. The van der Waals surface area contributed by atoms with Gasteiger partial charge in [0.25, 0.3) is 0 Å². The van der Waals surface area contributed by atoms with Crippen LogP contribution in [0.15, 0.2) is 0 Å². The zero-order valence-electron chi connectivity index (χ0n) is 5.74. The first-order valence-corrected chi connectivity index (χ1v) is 7.17. The first-order valence-electron chi connectivity index (χ1n) is 3.16. The summed E-state index contributed by atoms with van der Waals surface area (Å²) >= 11 is 5.87. The number of rotatable bonds is 1. The summed E-state index contributed by atoms with van der Waals surface area (Å²) in [7, 11) is -0.818. The minimum absolute atomic E-state index is 0.543. The van der Waals surface area contributed by atoms with Crippen LogP contribution in [0.3, 0.4) is 0 Å². The summed E-state index contributed by atoms with van der Waals surface area (Å²) in [5, 5.41) is 0.543. The molecule has 0 heterocycles. The van der Waals surface area contributed by atoms with Crippen molar-refractivity contribution in [1.82, 2.24) is 0 Å². The lowest BCUT2D eigenvalue weighted by Gasteiger charge is -2.13. The lowest BCUT2D eigenvalue weighted by molar-refractivity contribution is 1.33. The lowest BCUT2D eigenvalue weighted by Crippen LogP contribution is -2.20. The molecule has 0 aromatic heterocycles.